The van der Waals surface area contributed by atoms with Crippen LogP contribution in [0.25, 0.3) is 0 Å². The Morgan fingerprint density at radius 3 is 2.44 bits per heavy atom. The van der Waals surface area contributed by atoms with Crippen LogP contribution in [0.1, 0.15) is 34.1 Å². The minimum absolute atomic E-state index is 0.1000. The molecule has 0 radical (unpaired) electrons. The van der Waals surface area contributed by atoms with E-state index in [1.165, 1.54) is 12.2 Å². The summed E-state index contributed by atoms with van der Waals surface area (Å²) in [7, 11) is -4.27. The Kier molecular flexibility index (Phi) is 3.74. The Morgan fingerprint density at radius 2 is 2.00 bits per heavy atom. The van der Waals surface area contributed by atoms with Crippen molar-refractivity contribution in [3.8, 4) is 0 Å². The van der Waals surface area contributed by atoms with Crippen LogP contribution in [0.4, 0.5) is 0 Å². The quantitative estimate of drug-likeness (QED) is 0.616. The molecule has 1 unspecified atom stereocenters. The second kappa shape index (κ2) is 4.51. The molecule has 1 N–H and O–H groups in total. The van der Waals surface area contributed by atoms with Crippen molar-refractivity contribution < 1.29 is 22.5 Å². The van der Waals surface area contributed by atoms with Crippen LogP contribution in [0, 0.1) is 5.41 Å². The molecule has 0 heterocycles. The van der Waals surface area contributed by atoms with E-state index in [0.29, 0.717) is 0 Å². The van der Waals surface area contributed by atoms with Crippen LogP contribution in [-0.4, -0.2) is 24.5 Å². The molecule has 5 nitrogen and oxygen atoms in total. The Hall–Kier alpha value is -1.14. The molecule has 0 saturated carbocycles. The molecule has 0 aromatic carbocycles. The van der Waals surface area contributed by atoms with E-state index in [2.05, 4.69) is 0 Å². The molecule has 0 aromatic heterocycles. The summed E-state index contributed by atoms with van der Waals surface area (Å²) < 4.78 is 36.4. The molecular formula is C12H18O5S. The topological polar surface area (TPSA) is 80.7 Å². The third-order valence-corrected chi connectivity index (χ3v) is 3.43. The third kappa shape index (κ3) is 3.68. The number of carbonyl (C=O) groups excluding carboxylic acids is 1. The maximum absolute atomic E-state index is 12.0. The first kappa shape index (κ1) is 14.9. The van der Waals surface area contributed by atoms with Gasteiger partial charge in [-0.15, -0.1) is 0 Å². The molecule has 0 aliphatic heterocycles. The van der Waals surface area contributed by atoms with Gasteiger partial charge in [0, 0.05) is 6.42 Å². The van der Waals surface area contributed by atoms with Gasteiger partial charge in [0.25, 0.3) is 10.1 Å². The van der Waals surface area contributed by atoms with E-state index in [-0.39, 0.29) is 11.3 Å². The van der Waals surface area contributed by atoms with E-state index in [0.717, 1.165) is 0 Å². The summed E-state index contributed by atoms with van der Waals surface area (Å²) in [5.41, 5.74) is -1.72. The Labute approximate surface area is 107 Å². The van der Waals surface area contributed by atoms with E-state index >= 15 is 0 Å². The molecular weight excluding hydrogens is 256 g/mol. The highest BCUT2D eigenvalue weighted by Crippen LogP contribution is 2.35. The fourth-order valence-electron chi connectivity index (χ4n) is 1.56. The number of carbonyl (C=O) groups is 1. The van der Waals surface area contributed by atoms with Crippen molar-refractivity contribution in [2.45, 2.75) is 39.7 Å². The summed E-state index contributed by atoms with van der Waals surface area (Å²) in [6.07, 6.45) is 4.20. The summed E-state index contributed by atoms with van der Waals surface area (Å²) in [6.45, 7) is 6.79. The highest BCUT2D eigenvalue weighted by molar-refractivity contribution is 7.89. The first-order valence-electron chi connectivity index (χ1n) is 5.53. The average molecular weight is 274 g/mol. The summed E-state index contributed by atoms with van der Waals surface area (Å²) >= 11 is 0. The lowest BCUT2D eigenvalue weighted by Gasteiger charge is -2.30. The van der Waals surface area contributed by atoms with Crippen LogP contribution in [0.5, 0.6) is 0 Å². The minimum Gasteiger partial charge on any atom is -0.459 e. The first-order valence-corrected chi connectivity index (χ1v) is 6.97. The van der Waals surface area contributed by atoms with Crippen LogP contribution in [-0.2, 0) is 19.6 Å². The van der Waals surface area contributed by atoms with Crippen molar-refractivity contribution in [1.29, 1.82) is 0 Å². The number of hydrogen-bond donors (Lipinski definition) is 1. The first-order chi connectivity index (χ1) is 7.94. The lowest BCUT2D eigenvalue weighted by atomic mass is 9.83. The fourth-order valence-corrected chi connectivity index (χ4v) is 2.29. The molecule has 1 rings (SSSR count). The van der Waals surface area contributed by atoms with Crippen LogP contribution in [0.2, 0.25) is 0 Å². The van der Waals surface area contributed by atoms with Crippen molar-refractivity contribution in [3.05, 3.63) is 23.1 Å². The molecule has 6 heteroatoms. The van der Waals surface area contributed by atoms with Gasteiger partial charge in [0.2, 0.25) is 0 Å². The Balaban J connectivity index is 2.96. The lowest BCUT2D eigenvalue weighted by Crippen LogP contribution is -2.36. The predicted molar refractivity (Wildman–Crippen MR) is 67.3 cm³/mol. The molecule has 0 fully saturated rings. The van der Waals surface area contributed by atoms with Crippen molar-refractivity contribution in [1.82, 2.24) is 0 Å². The van der Waals surface area contributed by atoms with Crippen LogP contribution >= 0.6 is 0 Å². The molecule has 1 aliphatic carbocycles. The van der Waals surface area contributed by atoms with Gasteiger partial charge in [-0.3, -0.25) is 9.35 Å². The largest absolute Gasteiger partial charge is 0.459 e. The van der Waals surface area contributed by atoms with Gasteiger partial charge in [-0.05, 0) is 33.8 Å². The van der Waals surface area contributed by atoms with Crippen LogP contribution < -0.4 is 0 Å². The summed E-state index contributed by atoms with van der Waals surface area (Å²) in [6, 6.07) is 0. The lowest BCUT2D eigenvalue weighted by molar-refractivity contribution is -0.163. The zero-order valence-electron chi connectivity index (χ0n) is 10.9. The van der Waals surface area contributed by atoms with Gasteiger partial charge >= 0.3 is 5.97 Å². The number of esters is 1. The second-order valence-electron chi connectivity index (χ2n) is 5.56. The minimum atomic E-state index is -4.27. The van der Waals surface area contributed by atoms with Crippen molar-refractivity contribution in [2.75, 3.05) is 0 Å². The highest BCUT2D eigenvalue weighted by Gasteiger charge is 2.39. The van der Waals surface area contributed by atoms with Gasteiger partial charge in [0.15, 0.2) is 0 Å². The van der Waals surface area contributed by atoms with Gasteiger partial charge in [-0.1, -0.05) is 12.2 Å². The fraction of sp³-hybridized carbons (Fsp3) is 0.583. The second-order valence-corrected chi connectivity index (χ2v) is 7.04. The molecule has 0 aromatic rings. The van der Waals surface area contributed by atoms with Gasteiger partial charge in [-0.25, -0.2) is 0 Å². The molecule has 18 heavy (non-hydrogen) atoms. The van der Waals surface area contributed by atoms with E-state index in [1.807, 2.05) is 0 Å². The average Bonchev–Trinajstić information content (AvgIpc) is 2.13. The van der Waals surface area contributed by atoms with Crippen molar-refractivity contribution in [3.63, 3.8) is 0 Å². The number of ether oxygens (including phenoxy) is 1. The Bertz CT molecular complexity index is 507. The molecule has 1 atom stereocenters. The van der Waals surface area contributed by atoms with Gasteiger partial charge in [0.1, 0.15) is 5.60 Å². The molecule has 0 spiro atoms. The van der Waals surface area contributed by atoms with E-state index in [1.54, 1.807) is 33.8 Å². The van der Waals surface area contributed by atoms with Gasteiger partial charge in [0.05, 0.1) is 10.3 Å². The van der Waals surface area contributed by atoms with E-state index < -0.39 is 27.1 Å². The summed E-state index contributed by atoms with van der Waals surface area (Å²) in [4.78, 5) is 11.8. The SMILES string of the molecule is CC(C)(C)OC(=O)C1(C)C=CC=C(S(=O)(=O)O)C1. The summed E-state index contributed by atoms with van der Waals surface area (Å²) in [5, 5.41) is 0. The zero-order chi connectivity index (χ0) is 14.2. The third-order valence-electron chi connectivity index (χ3n) is 2.48. The molecule has 1 aliphatic rings. The van der Waals surface area contributed by atoms with E-state index in [4.69, 9.17) is 9.29 Å². The summed E-state index contributed by atoms with van der Waals surface area (Å²) in [5.74, 6) is -0.513. The standard InChI is InChI=1S/C12H18O5S/c1-11(2,3)17-10(13)12(4)7-5-6-9(8-12)18(14,15)16/h5-7H,8H2,1-4H3,(H,14,15,16). The molecule has 0 saturated heterocycles. The number of hydrogen-bond acceptors (Lipinski definition) is 4. The maximum atomic E-state index is 12.0. The maximum Gasteiger partial charge on any atom is 0.316 e. The zero-order valence-corrected chi connectivity index (χ0v) is 11.7. The Morgan fingerprint density at radius 1 is 1.44 bits per heavy atom. The molecule has 0 bridgehead atoms. The van der Waals surface area contributed by atoms with Crippen LogP contribution in [0.15, 0.2) is 23.1 Å². The van der Waals surface area contributed by atoms with Gasteiger partial charge < -0.3 is 4.74 Å². The van der Waals surface area contributed by atoms with E-state index in [9.17, 15) is 13.2 Å². The number of allylic oxidation sites excluding steroid dienone is 3. The monoisotopic (exact) mass is 274 g/mol. The van der Waals surface area contributed by atoms with Gasteiger partial charge in [-0.2, -0.15) is 8.42 Å². The molecule has 102 valence electrons. The molecule has 0 amide bonds. The smallest absolute Gasteiger partial charge is 0.316 e. The number of rotatable bonds is 2. The normalized spacial score (nSPS) is 24.6. The van der Waals surface area contributed by atoms with Crippen molar-refractivity contribution >= 4 is 16.1 Å². The van der Waals surface area contributed by atoms with Crippen molar-refractivity contribution in [2.24, 2.45) is 5.41 Å². The van der Waals surface area contributed by atoms with Crippen LogP contribution in [0.3, 0.4) is 0 Å². The highest BCUT2D eigenvalue weighted by atomic mass is 32.2. The predicted octanol–water partition coefficient (Wildman–Crippen LogP) is 2.07.